The number of carbonyl (C=O) groups is 1. The number of carbonyl (C=O) groups excluding carboxylic acids is 1. The van der Waals surface area contributed by atoms with E-state index in [1.54, 1.807) is 19.2 Å². The summed E-state index contributed by atoms with van der Waals surface area (Å²) in [5, 5.41) is 0.758. The van der Waals surface area contributed by atoms with Crippen molar-refractivity contribution in [1.29, 1.82) is 0 Å². The van der Waals surface area contributed by atoms with Gasteiger partial charge < -0.3 is 13.9 Å². The van der Waals surface area contributed by atoms with Crippen LogP contribution in [0.3, 0.4) is 0 Å². The maximum atomic E-state index is 12.2. The summed E-state index contributed by atoms with van der Waals surface area (Å²) < 4.78 is 15.8. The monoisotopic (exact) mass is 342 g/mol. The van der Waals surface area contributed by atoms with Crippen LogP contribution in [0.4, 0.5) is 0 Å². The average Bonchev–Trinajstić information content (AvgIpc) is 3.21. The van der Waals surface area contributed by atoms with Gasteiger partial charge in [0.1, 0.15) is 17.9 Å². The number of fused-ring (bicyclic) bond motifs is 3. The fourth-order valence-electron chi connectivity index (χ4n) is 4.51. The van der Waals surface area contributed by atoms with Crippen molar-refractivity contribution in [1.82, 2.24) is 0 Å². The van der Waals surface area contributed by atoms with Gasteiger partial charge in [0.2, 0.25) is 0 Å². The van der Waals surface area contributed by atoms with Gasteiger partial charge in [0.05, 0.1) is 7.11 Å². The van der Waals surface area contributed by atoms with E-state index in [0.717, 1.165) is 17.7 Å². The molecule has 0 saturated heterocycles. The highest BCUT2D eigenvalue weighted by Crippen LogP contribution is 2.49. The van der Waals surface area contributed by atoms with Gasteiger partial charge in [-0.1, -0.05) is 6.42 Å². The number of hydrogen-bond donors (Lipinski definition) is 0. The first kappa shape index (κ1) is 16.2. The second-order valence-corrected chi connectivity index (χ2v) is 7.25. The molecule has 1 aromatic heterocycles. The van der Waals surface area contributed by atoms with Crippen molar-refractivity contribution in [2.24, 2.45) is 17.8 Å². The van der Waals surface area contributed by atoms with Gasteiger partial charge in [-0.15, -0.1) is 0 Å². The van der Waals surface area contributed by atoms with Gasteiger partial charge in [-0.25, -0.2) is 4.79 Å². The Morgan fingerprint density at radius 2 is 2.12 bits per heavy atom. The molecule has 4 rings (SSSR count). The molecule has 0 radical (unpaired) electrons. The molecule has 2 fully saturated rings. The smallest absolute Gasteiger partial charge is 0.336 e. The highest BCUT2D eigenvalue weighted by molar-refractivity contribution is 5.81. The highest BCUT2D eigenvalue weighted by Gasteiger charge is 2.40. The summed E-state index contributed by atoms with van der Waals surface area (Å²) in [7, 11) is 1.56. The lowest BCUT2D eigenvalue weighted by Crippen LogP contribution is -2.17. The molecule has 2 aromatic rings. The Morgan fingerprint density at radius 1 is 1.24 bits per heavy atom. The van der Waals surface area contributed by atoms with Crippen molar-refractivity contribution in [3.8, 4) is 5.75 Å². The first-order chi connectivity index (χ1) is 12.1. The van der Waals surface area contributed by atoms with Crippen LogP contribution in [0.1, 0.15) is 37.7 Å². The third-order valence-electron chi connectivity index (χ3n) is 5.74. The fourth-order valence-corrected chi connectivity index (χ4v) is 4.51. The summed E-state index contributed by atoms with van der Waals surface area (Å²) >= 11 is 0. The predicted octanol–water partition coefficient (Wildman–Crippen LogP) is 3.67. The van der Waals surface area contributed by atoms with Crippen LogP contribution in [-0.4, -0.2) is 13.1 Å². The molecule has 3 atom stereocenters. The molecule has 25 heavy (non-hydrogen) atoms. The minimum Gasteiger partial charge on any atom is -0.497 e. The summed E-state index contributed by atoms with van der Waals surface area (Å²) in [6.45, 7) is 0.0913. The van der Waals surface area contributed by atoms with Crippen LogP contribution in [-0.2, 0) is 16.1 Å². The molecule has 0 N–H and O–H groups in total. The molecule has 1 heterocycles. The zero-order valence-corrected chi connectivity index (χ0v) is 14.3. The number of esters is 1. The molecule has 5 nitrogen and oxygen atoms in total. The summed E-state index contributed by atoms with van der Waals surface area (Å²) in [5.41, 5.74) is 0.640. The number of hydrogen-bond acceptors (Lipinski definition) is 5. The zero-order chi connectivity index (χ0) is 17.4. The normalized spacial score (nSPS) is 24.6. The van der Waals surface area contributed by atoms with E-state index in [-0.39, 0.29) is 12.6 Å². The molecular weight excluding hydrogens is 320 g/mol. The van der Waals surface area contributed by atoms with Crippen LogP contribution in [0.2, 0.25) is 0 Å². The van der Waals surface area contributed by atoms with Gasteiger partial charge in [0.25, 0.3) is 0 Å². The molecular formula is C20H22O5. The summed E-state index contributed by atoms with van der Waals surface area (Å²) in [5.74, 6) is 2.44. The standard InChI is InChI=1S/C20H22O5/c1-23-16-4-5-17-15(9-20(22)25-18(17)10-16)11-24-19(21)8-14-7-12-2-3-13(14)6-12/h4-5,9-10,12-14H,2-3,6-8,11H2,1H3/t12-,13-,14+/m0/s1. The Morgan fingerprint density at radius 3 is 2.84 bits per heavy atom. The van der Waals surface area contributed by atoms with Gasteiger partial charge in [-0.05, 0) is 49.1 Å². The lowest BCUT2D eigenvalue weighted by Gasteiger charge is -2.20. The van der Waals surface area contributed by atoms with Crippen LogP contribution < -0.4 is 10.4 Å². The van der Waals surface area contributed by atoms with Gasteiger partial charge in [0, 0.05) is 29.5 Å². The third-order valence-corrected chi connectivity index (χ3v) is 5.74. The van der Waals surface area contributed by atoms with Crippen LogP contribution in [0.5, 0.6) is 5.75 Å². The average molecular weight is 342 g/mol. The molecule has 1 aromatic carbocycles. The zero-order valence-electron chi connectivity index (χ0n) is 14.3. The van der Waals surface area contributed by atoms with E-state index in [1.807, 2.05) is 6.07 Å². The number of ether oxygens (including phenoxy) is 2. The quantitative estimate of drug-likeness (QED) is 0.613. The molecule has 0 unspecified atom stereocenters. The number of rotatable bonds is 5. The van der Waals surface area contributed by atoms with E-state index in [2.05, 4.69) is 0 Å². The molecule has 2 bridgehead atoms. The Kier molecular flexibility index (Phi) is 4.24. The van der Waals surface area contributed by atoms with Crippen molar-refractivity contribution in [2.45, 2.75) is 38.7 Å². The molecule has 2 aliphatic rings. The van der Waals surface area contributed by atoms with Crippen molar-refractivity contribution in [2.75, 3.05) is 7.11 Å². The van der Waals surface area contributed by atoms with Gasteiger partial charge in [-0.2, -0.15) is 0 Å². The highest BCUT2D eigenvalue weighted by atomic mass is 16.5. The van der Waals surface area contributed by atoms with E-state index in [1.165, 1.54) is 25.3 Å². The van der Waals surface area contributed by atoms with Crippen LogP contribution in [0.25, 0.3) is 11.0 Å². The maximum Gasteiger partial charge on any atom is 0.336 e. The fraction of sp³-hybridized carbons (Fsp3) is 0.500. The number of benzene rings is 1. The third kappa shape index (κ3) is 3.28. The van der Waals surface area contributed by atoms with E-state index in [0.29, 0.717) is 35.2 Å². The first-order valence-corrected chi connectivity index (χ1v) is 8.89. The first-order valence-electron chi connectivity index (χ1n) is 8.89. The van der Waals surface area contributed by atoms with E-state index >= 15 is 0 Å². The largest absolute Gasteiger partial charge is 0.497 e. The van der Waals surface area contributed by atoms with Crippen molar-refractivity contribution in [3.63, 3.8) is 0 Å². The Hall–Kier alpha value is -2.30. The van der Waals surface area contributed by atoms with E-state index < -0.39 is 5.63 Å². The summed E-state index contributed by atoms with van der Waals surface area (Å²) in [6.07, 6.45) is 5.52. The second kappa shape index (κ2) is 6.54. The molecule has 2 saturated carbocycles. The van der Waals surface area contributed by atoms with Gasteiger partial charge in [-0.3, -0.25) is 4.79 Å². The van der Waals surface area contributed by atoms with Gasteiger partial charge >= 0.3 is 11.6 Å². The topological polar surface area (TPSA) is 65.7 Å². The molecule has 132 valence electrons. The van der Waals surface area contributed by atoms with Crippen LogP contribution in [0.15, 0.2) is 33.5 Å². The minimum absolute atomic E-state index is 0.0913. The molecule has 2 aliphatic carbocycles. The SMILES string of the molecule is COc1ccc2c(COC(=O)C[C@H]3C[C@H]4CC[C@H]3C4)cc(=O)oc2c1. The Labute approximate surface area is 145 Å². The molecule has 5 heteroatoms. The van der Waals surface area contributed by atoms with Crippen molar-refractivity contribution in [3.05, 3.63) is 40.2 Å². The van der Waals surface area contributed by atoms with Crippen molar-refractivity contribution < 1.29 is 18.7 Å². The van der Waals surface area contributed by atoms with Crippen molar-refractivity contribution >= 4 is 16.9 Å². The Balaban J connectivity index is 1.45. The second-order valence-electron chi connectivity index (χ2n) is 7.25. The van der Waals surface area contributed by atoms with Crippen LogP contribution >= 0.6 is 0 Å². The van der Waals surface area contributed by atoms with E-state index in [4.69, 9.17) is 13.9 Å². The summed E-state index contributed by atoms with van der Waals surface area (Å²) in [4.78, 5) is 24.0. The summed E-state index contributed by atoms with van der Waals surface area (Å²) in [6, 6.07) is 6.66. The minimum atomic E-state index is -0.458. The molecule has 0 amide bonds. The molecule has 0 spiro atoms. The predicted molar refractivity (Wildman–Crippen MR) is 92.4 cm³/mol. The maximum absolute atomic E-state index is 12.2. The molecule has 0 aliphatic heterocycles. The number of methoxy groups -OCH3 is 1. The van der Waals surface area contributed by atoms with E-state index in [9.17, 15) is 9.59 Å². The van der Waals surface area contributed by atoms with Gasteiger partial charge in [0.15, 0.2) is 0 Å². The Bertz CT molecular complexity index is 853. The lowest BCUT2D eigenvalue weighted by atomic mass is 9.86. The lowest BCUT2D eigenvalue weighted by molar-refractivity contribution is -0.146. The van der Waals surface area contributed by atoms with Crippen LogP contribution in [0, 0.1) is 17.8 Å².